The fourth-order valence-electron chi connectivity index (χ4n) is 3.55. The van der Waals surface area contributed by atoms with E-state index >= 15 is 0 Å². The van der Waals surface area contributed by atoms with Crippen molar-refractivity contribution in [2.75, 3.05) is 43.2 Å². The SMILES string of the molecule is CN(c1ccc(Cl)cc1)c1ccc(C(=O)c2cc(C(=O)O)cc(N3CCOCC3)c2)nc1. The molecule has 1 saturated heterocycles. The van der Waals surface area contributed by atoms with Gasteiger partial charge in [0, 0.05) is 42.1 Å². The smallest absolute Gasteiger partial charge is 0.335 e. The molecular formula is C24H22ClN3O4. The number of halogens is 1. The van der Waals surface area contributed by atoms with Crippen LogP contribution in [-0.4, -0.2) is 55.2 Å². The van der Waals surface area contributed by atoms with Gasteiger partial charge in [0.15, 0.2) is 0 Å². The number of anilines is 3. The summed E-state index contributed by atoms with van der Waals surface area (Å²) in [5, 5.41) is 10.2. The number of pyridine rings is 1. The van der Waals surface area contributed by atoms with Crippen molar-refractivity contribution in [3.05, 3.63) is 82.6 Å². The molecule has 164 valence electrons. The zero-order chi connectivity index (χ0) is 22.7. The van der Waals surface area contributed by atoms with Crippen LogP contribution in [0.15, 0.2) is 60.8 Å². The molecule has 8 heteroatoms. The molecule has 4 rings (SSSR count). The highest BCUT2D eigenvalue weighted by molar-refractivity contribution is 6.30. The third-order valence-electron chi connectivity index (χ3n) is 5.38. The first kappa shape index (κ1) is 21.8. The normalized spacial score (nSPS) is 13.6. The number of aromatic nitrogens is 1. The van der Waals surface area contributed by atoms with Crippen LogP contribution in [0, 0.1) is 0 Å². The Hall–Kier alpha value is -3.42. The Kier molecular flexibility index (Phi) is 6.39. The highest BCUT2D eigenvalue weighted by Crippen LogP contribution is 2.26. The van der Waals surface area contributed by atoms with Gasteiger partial charge >= 0.3 is 5.97 Å². The topological polar surface area (TPSA) is 83.0 Å². The number of aromatic carboxylic acids is 1. The standard InChI is InChI=1S/C24H22ClN3O4/c1-27(19-4-2-18(25)3-5-19)20-6-7-22(26-15-20)23(29)16-12-17(24(30)31)14-21(13-16)28-8-10-32-11-9-28/h2-7,12-15H,8-11H2,1H3,(H,30,31). The van der Waals surface area contributed by atoms with Crippen molar-refractivity contribution in [3.8, 4) is 0 Å². The minimum Gasteiger partial charge on any atom is -0.478 e. The number of carbonyl (C=O) groups excluding carboxylic acids is 1. The van der Waals surface area contributed by atoms with E-state index < -0.39 is 5.97 Å². The molecule has 0 bridgehead atoms. The first-order valence-electron chi connectivity index (χ1n) is 10.1. The maximum Gasteiger partial charge on any atom is 0.335 e. The van der Waals surface area contributed by atoms with E-state index in [0.29, 0.717) is 37.0 Å². The van der Waals surface area contributed by atoms with Crippen molar-refractivity contribution < 1.29 is 19.4 Å². The molecule has 1 fully saturated rings. The van der Waals surface area contributed by atoms with E-state index in [4.69, 9.17) is 16.3 Å². The molecule has 2 heterocycles. The lowest BCUT2D eigenvalue weighted by Crippen LogP contribution is -2.36. The quantitative estimate of drug-likeness (QED) is 0.560. The lowest BCUT2D eigenvalue weighted by atomic mass is 10.0. The van der Waals surface area contributed by atoms with Crippen molar-refractivity contribution in [1.82, 2.24) is 4.98 Å². The molecule has 1 aliphatic rings. The van der Waals surface area contributed by atoms with E-state index in [0.717, 1.165) is 11.4 Å². The minimum atomic E-state index is -1.08. The van der Waals surface area contributed by atoms with Gasteiger partial charge in [-0.1, -0.05) is 11.6 Å². The molecule has 0 atom stereocenters. The van der Waals surface area contributed by atoms with Crippen LogP contribution in [-0.2, 0) is 4.74 Å². The van der Waals surface area contributed by atoms with Gasteiger partial charge in [0.05, 0.1) is 30.7 Å². The minimum absolute atomic E-state index is 0.0661. The van der Waals surface area contributed by atoms with Crippen LogP contribution in [0.2, 0.25) is 5.02 Å². The van der Waals surface area contributed by atoms with Gasteiger partial charge in [0.2, 0.25) is 5.78 Å². The first-order valence-corrected chi connectivity index (χ1v) is 10.5. The monoisotopic (exact) mass is 451 g/mol. The summed E-state index contributed by atoms with van der Waals surface area (Å²) in [6, 6.07) is 15.5. The fourth-order valence-corrected chi connectivity index (χ4v) is 3.68. The van der Waals surface area contributed by atoms with Crippen molar-refractivity contribution in [1.29, 1.82) is 0 Å². The van der Waals surface area contributed by atoms with Gasteiger partial charge < -0.3 is 19.6 Å². The highest BCUT2D eigenvalue weighted by Gasteiger charge is 2.19. The average molecular weight is 452 g/mol. The third kappa shape index (κ3) is 4.74. The maximum absolute atomic E-state index is 13.1. The van der Waals surface area contributed by atoms with Crippen LogP contribution in [0.25, 0.3) is 0 Å². The molecule has 1 aliphatic heterocycles. The molecule has 0 saturated carbocycles. The number of carboxylic acid groups (broad SMARTS) is 1. The summed E-state index contributed by atoms with van der Waals surface area (Å²) < 4.78 is 5.37. The largest absolute Gasteiger partial charge is 0.478 e. The van der Waals surface area contributed by atoms with Crippen molar-refractivity contribution >= 4 is 40.4 Å². The second-order valence-corrected chi connectivity index (χ2v) is 7.88. The van der Waals surface area contributed by atoms with Crippen LogP contribution >= 0.6 is 11.6 Å². The molecule has 3 aromatic rings. The molecule has 0 unspecified atom stereocenters. The van der Waals surface area contributed by atoms with Crippen LogP contribution in [0.5, 0.6) is 0 Å². The molecule has 32 heavy (non-hydrogen) atoms. The van der Waals surface area contributed by atoms with Gasteiger partial charge in [-0.2, -0.15) is 0 Å². The highest BCUT2D eigenvalue weighted by atomic mass is 35.5. The number of nitrogens with zero attached hydrogens (tertiary/aromatic N) is 3. The number of carboxylic acids is 1. The number of benzene rings is 2. The molecule has 0 amide bonds. The predicted molar refractivity (Wildman–Crippen MR) is 124 cm³/mol. The molecule has 0 radical (unpaired) electrons. The zero-order valence-corrected chi connectivity index (χ0v) is 18.2. The molecule has 2 aromatic carbocycles. The Morgan fingerprint density at radius 2 is 1.66 bits per heavy atom. The van der Waals surface area contributed by atoms with Gasteiger partial charge in [-0.25, -0.2) is 4.79 Å². The number of hydrogen-bond acceptors (Lipinski definition) is 6. The number of ether oxygens (including phenoxy) is 1. The Bertz CT molecular complexity index is 1130. The van der Waals surface area contributed by atoms with Crippen LogP contribution in [0.4, 0.5) is 17.1 Å². The van der Waals surface area contributed by atoms with E-state index in [2.05, 4.69) is 4.98 Å². The number of carbonyl (C=O) groups is 2. The number of ketones is 1. The lowest BCUT2D eigenvalue weighted by molar-refractivity contribution is 0.0697. The molecule has 0 aliphatic carbocycles. The van der Waals surface area contributed by atoms with Gasteiger partial charge in [-0.05, 0) is 54.6 Å². The average Bonchev–Trinajstić information content (AvgIpc) is 2.84. The molecule has 0 spiro atoms. The third-order valence-corrected chi connectivity index (χ3v) is 5.64. The van der Waals surface area contributed by atoms with Gasteiger partial charge in [0.1, 0.15) is 5.69 Å². The number of rotatable bonds is 6. The molecular weight excluding hydrogens is 430 g/mol. The van der Waals surface area contributed by atoms with E-state index in [9.17, 15) is 14.7 Å². The summed E-state index contributed by atoms with van der Waals surface area (Å²) >= 11 is 5.95. The summed E-state index contributed by atoms with van der Waals surface area (Å²) in [6.45, 7) is 2.40. The molecule has 1 N–H and O–H groups in total. The second kappa shape index (κ2) is 9.38. The van der Waals surface area contributed by atoms with E-state index in [1.54, 1.807) is 42.6 Å². The van der Waals surface area contributed by atoms with E-state index in [1.165, 1.54) is 6.07 Å². The van der Waals surface area contributed by atoms with Gasteiger partial charge in [0.25, 0.3) is 0 Å². The van der Waals surface area contributed by atoms with Crippen molar-refractivity contribution in [3.63, 3.8) is 0 Å². The maximum atomic E-state index is 13.1. The molecule has 1 aromatic heterocycles. The van der Waals surface area contributed by atoms with Gasteiger partial charge in [-0.3, -0.25) is 9.78 Å². The summed E-state index contributed by atoms with van der Waals surface area (Å²) in [5.41, 5.74) is 3.02. The summed E-state index contributed by atoms with van der Waals surface area (Å²) in [4.78, 5) is 33.0. The fraction of sp³-hybridized carbons (Fsp3) is 0.208. The van der Waals surface area contributed by atoms with Crippen LogP contribution in [0.3, 0.4) is 0 Å². The lowest BCUT2D eigenvalue weighted by Gasteiger charge is -2.29. The van der Waals surface area contributed by atoms with E-state index in [-0.39, 0.29) is 22.6 Å². The summed E-state index contributed by atoms with van der Waals surface area (Å²) in [7, 11) is 1.90. The Morgan fingerprint density at radius 1 is 1.00 bits per heavy atom. The van der Waals surface area contributed by atoms with Crippen molar-refractivity contribution in [2.45, 2.75) is 0 Å². The predicted octanol–water partition coefficient (Wildman–Crippen LogP) is 4.27. The van der Waals surface area contributed by atoms with Crippen LogP contribution < -0.4 is 9.80 Å². The first-order chi connectivity index (χ1) is 15.4. The summed E-state index contributed by atoms with van der Waals surface area (Å²) in [5.74, 6) is -1.41. The van der Waals surface area contributed by atoms with Crippen molar-refractivity contribution in [2.24, 2.45) is 0 Å². The Morgan fingerprint density at radius 3 is 2.28 bits per heavy atom. The second-order valence-electron chi connectivity index (χ2n) is 7.44. The number of hydrogen-bond donors (Lipinski definition) is 1. The Balaban J connectivity index is 1.60. The molecule has 7 nitrogen and oxygen atoms in total. The van der Waals surface area contributed by atoms with Crippen LogP contribution in [0.1, 0.15) is 26.4 Å². The van der Waals surface area contributed by atoms with E-state index in [1.807, 2.05) is 29.0 Å². The Labute approximate surface area is 190 Å². The summed E-state index contributed by atoms with van der Waals surface area (Å²) in [6.07, 6.45) is 1.62. The zero-order valence-electron chi connectivity index (χ0n) is 17.5. The number of morpholine rings is 1. The van der Waals surface area contributed by atoms with Gasteiger partial charge in [-0.15, -0.1) is 0 Å².